The van der Waals surface area contributed by atoms with Crippen molar-refractivity contribution >= 4 is 66.7 Å². The molecule has 0 spiro atoms. The van der Waals surface area contributed by atoms with E-state index >= 15 is 0 Å². The van der Waals surface area contributed by atoms with Gasteiger partial charge in [0.2, 0.25) is 11.8 Å². The minimum atomic E-state index is -4.24. The van der Waals surface area contributed by atoms with Crippen molar-refractivity contribution in [3.05, 3.63) is 92.9 Å². The summed E-state index contributed by atoms with van der Waals surface area (Å²) in [6, 6.07) is 18.5. The Hall–Kier alpha value is -2.59. The third kappa shape index (κ3) is 8.20. The summed E-state index contributed by atoms with van der Waals surface area (Å²) in [6.45, 7) is 6.59. The second-order valence-electron chi connectivity index (χ2n) is 9.99. The Kier molecular flexibility index (Phi) is 10.1. The molecule has 3 aromatic carbocycles. The zero-order chi connectivity index (χ0) is 29.0. The van der Waals surface area contributed by atoms with Crippen LogP contribution in [-0.4, -0.2) is 43.3 Å². The Balaban J connectivity index is 2.07. The molecule has 1 N–H and O–H groups in total. The Labute approximate surface area is 248 Å². The third-order valence-corrected chi connectivity index (χ3v) is 8.52. The van der Waals surface area contributed by atoms with Crippen LogP contribution in [0.3, 0.4) is 0 Å². The zero-order valence-electron chi connectivity index (χ0n) is 22.0. The van der Waals surface area contributed by atoms with E-state index in [4.69, 9.17) is 23.2 Å². The highest BCUT2D eigenvalue weighted by atomic mass is 79.9. The van der Waals surface area contributed by atoms with Gasteiger partial charge in [-0.15, -0.1) is 0 Å². The van der Waals surface area contributed by atoms with Gasteiger partial charge in [-0.1, -0.05) is 69.5 Å². The summed E-state index contributed by atoms with van der Waals surface area (Å²) in [6.07, 6.45) is 0. The van der Waals surface area contributed by atoms with Gasteiger partial charge in [0.15, 0.2) is 0 Å². The summed E-state index contributed by atoms with van der Waals surface area (Å²) in [5.74, 6) is -0.966. The molecule has 3 rings (SSSR count). The molecule has 1 unspecified atom stereocenters. The minimum Gasteiger partial charge on any atom is -0.350 e. The van der Waals surface area contributed by atoms with Crippen molar-refractivity contribution in [3.63, 3.8) is 0 Å². The summed E-state index contributed by atoms with van der Waals surface area (Å²) in [4.78, 5) is 28.4. The lowest BCUT2D eigenvalue weighted by Crippen LogP contribution is -2.54. The average molecular weight is 655 g/mol. The lowest BCUT2D eigenvalue weighted by Gasteiger charge is -2.33. The molecule has 0 aromatic heterocycles. The Morgan fingerprint density at radius 1 is 0.974 bits per heavy atom. The topological polar surface area (TPSA) is 86.8 Å². The molecule has 0 aliphatic rings. The fourth-order valence-electron chi connectivity index (χ4n) is 3.80. The largest absolute Gasteiger partial charge is 0.350 e. The highest BCUT2D eigenvalue weighted by Crippen LogP contribution is 2.33. The van der Waals surface area contributed by atoms with Gasteiger partial charge in [0, 0.05) is 21.6 Å². The lowest BCUT2D eigenvalue weighted by molar-refractivity contribution is -0.140. The average Bonchev–Trinajstić information content (AvgIpc) is 2.86. The van der Waals surface area contributed by atoms with E-state index in [1.54, 1.807) is 25.1 Å². The molecule has 0 bridgehead atoms. The molecule has 0 heterocycles. The normalized spacial score (nSPS) is 12.5. The molecular weight excluding hydrogens is 625 g/mol. The first-order valence-corrected chi connectivity index (χ1v) is 15.1. The third-order valence-electron chi connectivity index (χ3n) is 5.69. The van der Waals surface area contributed by atoms with Crippen LogP contribution in [0.1, 0.15) is 33.3 Å². The van der Waals surface area contributed by atoms with E-state index in [-0.39, 0.29) is 33.1 Å². The number of carbonyl (C=O) groups is 2. The van der Waals surface area contributed by atoms with E-state index in [2.05, 4.69) is 21.2 Å². The molecule has 208 valence electrons. The van der Waals surface area contributed by atoms with Crippen molar-refractivity contribution in [1.29, 1.82) is 0 Å². The summed E-state index contributed by atoms with van der Waals surface area (Å²) in [5, 5.41) is 3.25. The summed E-state index contributed by atoms with van der Waals surface area (Å²) >= 11 is 16.1. The fourth-order valence-corrected chi connectivity index (χ4v) is 6.13. The van der Waals surface area contributed by atoms with Crippen LogP contribution in [0.2, 0.25) is 10.0 Å². The van der Waals surface area contributed by atoms with Crippen molar-refractivity contribution in [2.24, 2.45) is 0 Å². The second-order valence-corrected chi connectivity index (χ2v) is 13.6. The molecule has 7 nitrogen and oxygen atoms in total. The number of anilines is 1. The number of rotatable bonds is 9. The van der Waals surface area contributed by atoms with Crippen molar-refractivity contribution in [1.82, 2.24) is 10.2 Å². The van der Waals surface area contributed by atoms with Gasteiger partial charge < -0.3 is 10.2 Å². The van der Waals surface area contributed by atoms with Gasteiger partial charge in [0.25, 0.3) is 10.0 Å². The number of hydrogen-bond acceptors (Lipinski definition) is 4. The summed E-state index contributed by atoms with van der Waals surface area (Å²) in [7, 11) is -4.24. The van der Waals surface area contributed by atoms with Gasteiger partial charge in [-0.25, -0.2) is 8.42 Å². The van der Waals surface area contributed by atoms with Gasteiger partial charge >= 0.3 is 0 Å². The first kappa shape index (κ1) is 30.9. The van der Waals surface area contributed by atoms with Gasteiger partial charge in [0.1, 0.15) is 12.6 Å². The molecule has 0 radical (unpaired) electrons. The molecule has 1 atom stereocenters. The molecule has 39 heavy (non-hydrogen) atoms. The maximum absolute atomic E-state index is 14.0. The molecule has 0 aliphatic carbocycles. The van der Waals surface area contributed by atoms with Crippen LogP contribution in [0.25, 0.3) is 0 Å². The van der Waals surface area contributed by atoms with Gasteiger partial charge in [-0.05, 0) is 75.7 Å². The standard InChI is InChI=1S/C28H30BrCl2N3O4S/c1-19(27(36)32-28(2,3)4)33(17-20-9-8-10-21(29)15-20)26(35)18-34(25-16-22(30)13-14-24(25)31)39(37,38)23-11-6-5-7-12-23/h5-16,19H,17-18H2,1-4H3,(H,32,36). The van der Waals surface area contributed by atoms with Crippen LogP contribution in [0.15, 0.2) is 82.2 Å². The zero-order valence-corrected chi connectivity index (χ0v) is 25.9. The van der Waals surface area contributed by atoms with Gasteiger partial charge in [-0.3, -0.25) is 13.9 Å². The van der Waals surface area contributed by atoms with Crippen LogP contribution in [-0.2, 0) is 26.2 Å². The van der Waals surface area contributed by atoms with Crippen LogP contribution in [0.5, 0.6) is 0 Å². The first-order valence-electron chi connectivity index (χ1n) is 12.1. The molecule has 0 saturated heterocycles. The van der Waals surface area contributed by atoms with E-state index in [0.29, 0.717) is 0 Å². The number of carbonyl (C=O) groups excluding carboxylic acids is 2. The quantitative estimate of drug-likeness (QED) is 0.294. The Bertz CT molecular complexity index is 1450. The van der Waals surface area contributed by atoms with Crippen LogP contribution >= 0.6 is 39.1 Å². The van der Waals surface area contributed by atoms with E-state index < -0.39 is 34.1 Å². The maximum atomic E-state index is 14.0. The fraction of sp³-hybridized carbons (Fsp3) is 0.286. The van der Waals surface area contributed by atoms with E-state index in [0.717, 1.165) is 14.3 Å². The van der Waals surface area contributed by atoms with Crippen molar-refractivity contribution in [2.45, 2.75) is 50.7 Å². The summed E-state index contributed by atoms with van der Waals surface area (Å²) < 4.78 is 29.4. The SMILES string of the molecule is CC(C(=O)NC(C)(C)C)N(Cc1cccc(Br)c1)C(=O)CN(c1cc(Cl)ccc1Cl)S(=O)(=O)c1ccccc1. The number of nitrogens with one attached hydrogen (secondary N) is 1. The number of amides is 2. The minimum absolute atomic E-state index is 0.0223. The number of halogens is 3. The smallest absolute Gasteiger partial charge is 0.264 e. The summed E-state index contributed by atoms with van der Waals surface area (Å²) in [5.41, 5.74) is 0.272. The van der Waals surface area contributed by atoms with Crippen LogP contribution in [0, 0.1) is 0 Å². The second kappa shape index (κ2) is 12.7. The molecule has 3 aromatic rings. The number of nitrogens with zero attached hydrogens (tertiary/aromatic N) is 2. The van der Waals surface area contributed by atoms with E-state index in [1.807, 2.05) is 45.0 Å². The van der Waals surface area contributed by atoms with Crippen LogP contribution in [0.4, 0.5) is 5.69 Å². The monoisotopic (exact) mass is 653 g/mol. The van der Waals surface area contributed by atoms with E-state index in [9.17, 15) is 18.0 Å². The van der Waals surface area contributed by atoms with E-state index in [1.165, 1.54) is 35.2 Å². The molecule has 0 fully saturated rings. The predicted octanol–water partition coefficient (Wildman–Crippen LogP) is 6.28. The Morgan fingerprint density at radius 3 is 2.26 bits per heavy atom. The van der Waals surface area contributed by atoms with Crippen molar-refractivity contribution in [2.75, 3.05) is 10.8 Å². The highest BCUT2D eigenvalue weighted by Gasteiger charge is 2.34. The highest BCUT2D eigenvalue weighted by molar-refractivity contribution is 9.10. The van der Waals surface area contributed by atoms with Crippen molar-refractivity contribution in [3.8, 4) is 0 Å². The maximum Gasteiger partial charge on any atom is 0.264 e. The number of sulfonamides is 1. The molecule has 0 aliphatic heterocycles. The first-order chi connectivity index (χ1) is 18.2. The molecule has 0 saturated carbocycles. The number of hydrogen-bond donors (Lipinski definition) is 1. The Morgan fingerprint density at radius 2 is 1.64 bits per heavy atom. The molecule has 11 heteroatoms. The molecular formula is C28H30BrCl2N3O4S. The van der Waals surface area contributed by atoms with Gasteiger partial charge in [-0.2, -0.15) is 0 Å². The van der Waals surface area contributed by atoms with Crippen molar-refractivity contribution < 1.29 is 18.0 Å². The predicted molar refractivity (Wildman–Crippen MR) is 159 cm³/mol. The molecule has 2 amide bonds. The van der Waals surface area contributed by atoms with Gasteiger partial charge in [0.05, 0.1) is 15.6 Å². The number of benzene rings is 3. The van der Waals surface area contributed by atoms with Crippen LogP contribution < -0.4 is 9.62 Å². The lowest BCUT2D eigenvalue weighted by atomic mass is 10.1.